The van der Waals surface area contributed by atoms with Gasteiger partial charge < -0.3 is 5.32 Å². The molecular formula is C16H34N2. The fourth-order valence-corrected chi connectivity index (χ4v) is 2.80. The molecule has 1 N–H and O–H groups in total. The summed E-state index contributed by atoms with van der Waals surface area (Å²) >= 11 is 0. The monoisotopic (exact) mass is 254 g/mol. The highest BCUT2D eigenvalue weighted by Crippen LogP contribution is 2.26. The molecule has 0 saturated carbocycles. The summed E-state index contributed by atoms with van der Waals surface area (Å²) in [7, 11) is 0. The van der Waals surface area contributed by atoms with Crippen molar-refractivity contribution in [3.05, 3.63) is 0 Å². The third-order valence-corrected chi connectivity index (χ3v) is 4.65. The molecule has 0 radical (unpaired) electrons. The minimum atomic E-state index is 0.437. The van der Waals surface area contributed by atoms with E-state index in [0.717, 1.165) is 18.4 Å². The standard InChI is InChI=1S/C16H34N2/c1-8-16(6,7)11-18-10-14(12(2)3)17-9-15(18)13(4)5/h12-15,17H,8-11H2,1-7H3. The molecule has 18 heavy (non-hydrogen) atoms. The van der Waals surface area contributed by atoms with Gasteiger partial charge in [-0.25, -0.2) is 0 Å². The molecule has 108 valence electrons. The number of hydrogen-bond acceptors (Lipinski definition) is 2. The number of nitrogens with one attached hydrogen (secondary N) is 1. The van der Waals surface area contributed by atoms with Crippen LogP contribution in [0.2, 0.25) is 0 Å². The van der Waals surface area contributed by atoms with Gasteiger partial charge in [0.25, 0.3) is 0 Å². The van der Waals surface area contributed by atoms with Crippen molar-refractivity contribution in [3.8, 4) is 0 Å². The molecule has 1 heterocycles. The highest BCUT2D eigenvalue weighted by molar-refractivity contribution is 4.91. The van der Waals surface area contributed by atoms with Crippen molar-refractivity contribution in [1.82, 2.24) is 10.2 Å². The lowest BCUT2D eigenvalue weighted by Gasteiger charge is -2.46. The van der Waals surface area contributed by atoms with E-state index in [1.807, 2.05) is 0 Å². The van der Waals surface area contributed by atoms with Crippen LogP contribution in [-0.2, 0) is 0 Å². The van der Waals surface area contributed by atoms with E-state index in [9.17, 15) is 0 Å². The van der Waals surface area contributed by atoms with Gasteiger partial charge in [-0.2, -0.15) is 0 Å². The van der Waals surface area contributed by atoms with Crippen molar-refractivity contribution in [3.63, 3.8) is 0 Å². The summed E-state index contributed by atoms with van der Waals surface area (Å²) in [6.45, 7) is 20.1. The van der Waals surface area contributed by atoms with E-state index in [1.54, 1.807) is 0 Å². The van der Waals surface area contributed by atoms with Crippen molar-refractivity contribution in [2.24, 2.45) is 17.3 Å². The fraction of sp³-hybridized carbons (Fsp3) is 1.00. The van der Waals surface area contributed by atoms with Gasteiger partial charge in [0.05, 0.1) is 0 Å². The van der Waals surface area contributed by atoms with Gasteiger partial charge in [-0.15, -0.1) is 0 Å². The van der Waals surface area contributed by atoms with Crippen LogP contribution in [-0.4, -0.2) is 36.6 Å². The fourth-order valence-electron chi connectivity index (χ4n) is 2.80. The Balaban J connectivity index is 2.72. The summed E-state index contributed by atoms with van der Waals surface area (Å²) in [5.74, 6) is 1.46. The first-order valence-electron chi connectivity index (χ1n) is 7.74. The van der Waals surface area contributed by atoms with Crippen LogP contribution in [0.15, 0.2) is 0 Å². The van der Waals surface area contributed by atoms with Crippen LogP contribution in [0.4, 0.5) is 0 Å². The summed E-state index contributed by atoms with van der Waals surface area (Å²) in [5, 5.41) is 3.74. The lowest BCUT2D eigenvalue weighted by Crippen LogP contribution is -2.61. The van der Waals surface area contributed by atoms with Gasteiger partial charge in [-0.1, -0.05) is 48.5 Å². The second kappa shape index (κ2) is 6.38. The molecule has 2 heteroatoms. The Labute approximate surface area is 115 Å². The van der Waals surface area contributed by atoms with Crippen molar-refractivity contribution >= 4 is 0 Å². The molecule has 1 rings (SSSR count). The van der Waals surface area contributed by atoms with E-state index in [1.165, 1.54) is 19.5 Å². The SMILES string of the molecule is CCC(C)(C)CN1CC(C(C)C)NCC1C(C)C. The second-order valence-electron chi connectivity index (χ2n) is 7.52. The number of rotatable bonds is 5. The Morgan fingerprint density at radius 3 is 2.22 bits per heavy atom. The summed E-state index contributed by atoms with van der Waals surface area (Å²) in [6, 6.07) is 1.36. The quantitative estimate of drug-likeness (QED) is 0.809. The molecule has 2 unspecified atom stereocenters. The number of nitrogens with zero attached hydrogens (tertiary/aromatic N) is 1. The maximum Gasteiger partial charge on any atom is 0.0244 e. The van der Waals surface area contributed by atoms with Gasteiger partial charge >= 0.3 is 0 Å². The molecule has 2 atom stereocenters. The van der Waals surface area contributed by atoms with Crippen LogP contribution in [0.25, 0.3) is 0 Å². The normalized spacial score (nSPS) is 27.2. The lowest BCUT2D eigenvalue weighted by molar-refractivity contribution is 0.0497. The van der Waals surface area contributed by atoms with E-state index >= 15 is 0 Å². The third kappa shape index (κ3) is 4.24. The maximum absolute atomic E-state index is 3.74. The summed E-state index contributed by atoms with van der Waals surface area (Å²) in [5.41, 5.74) is 0.437. The molecule has 0 bridgehead atoms. The summed E-state index contributed by atoms with van der Waals surface area (Å²) in [4.78, 5) is 2.75. The Bertz CT molecular complexity index is 245. The van der Waals surface area contributed by atoms with E-state index in [0.29, 0.717) is 17.5 Å². The Morgan fingerprint density at radius 1 is 1.17 bits per heavy atom. The second-order valence-corrected chi connectivity index (χ2v) is 7.52. The molecule has 0 aliphatic carbocycles. The van der Waals surface area contributed by atoms with Gasteiger partial charge in [-0.05, 0) is 23.7 Å². The predicted octanol–water partition coefficient (Wildman–Crippen LogP) is 3.38. The molecule has 2 nitrogen and oxygen atoms in total. The summed E-state index contributed by atoms with van der Waals surface area (Å²) in [6.07, 6.45) is 1.26. The Kier molecular flexibility index (Phi) is 5.67. The average Bonchev–Trinajstić information content (AvgIpc) is 2.28. The Hall–Kier alpha value is -0.0800. The highest BCUT2D eigenvalue weighted by atomic mass is 15.2. The van der Waals surface area contributed by atoms with Gasteiger partial charge in [0.2, 0.25) is 0 Å². The van der Waals surface area contributed by atoms with E-state index < -0.39 is 0 Å². The van der Waals surface area contributed by atoms with Crippen molar-refractivity contribution in [2.75, 3.05) is 19.6 Å². The predicted molar refractivity (Wildman–Crippen MR) is 80.9 cm³/mol. The molecule has 1 aliphatic rings. The molecule has 0 spiro atoms. The first-order chi connectivity index (χ1) is 8.26. The third-order valence-electron chi connectivity index (χ3n) is 4.65. The molecule has 0 amide bonds. The van der Waals surface area contributed by atoms with Gasteiger partial charge in [-0.3, -0.25) is 4.90 Å². The van der Waals surface area contributed by atoms with Crippen LogP contribution >= 0.6 is 0 Å². The van der Waals surface area contributed by atoms with Crippen molar-refractivity contribution < 1.29 is 0 Å². The zero-order chi connectivity index (χ0) is 13.9. The van der Waals surface area contributed by atoms with Crippen molar-refractivity contribution in [2.45, 2.75) is 67.0 Å². The van der Waals surface area contributed by atoms with E-state index in [-0.39, 0.29) is 0 Å². The lowest BCUT2D eigenvalue weighted by atomic mass is 9.86. The zero-order valence-corrected chi connectivity index (χ0v) is 13.6. The van der Waals surface area contributed by atoms with Crippen LogP contribution < -0.4 is 5.32 Å². The number of hydrogen-bond donors (Lipinski definition) is 1. The molecule has 1 saturated heterocycles. The summed E-state index contributed by atoms with van der Waals surface area (Å²) < 4.78 is 0. The largest absolute Gasteiger partial charge is 0.311 e. The van der Waals surface area contributed by atoms with Crippen LogP contribution in [0.1, 0.15) is 54.9 Å². The molecule has 0 aromatic rings. The topological polar surface area (TPSA) is 15.3 Å². The van der Waals surface area contributed by atoms with Crippen molar-refractivity contribution in [1.29, 1.82) is 0 Å². The highest BCUT2D eigenvalue weighted by Gasteiger charge is 2.33. The first kappa shape index (κ1) is 16.0. The van der Waals surface area contributed by atoms with Crippen LogP contribution in [0.5, 0.6) is 0 Å². The molecular weight excluding hydrogens is 220 g/mol. The molecule has 0 aromatic carbocycles. The van der Waals surface area contributed by atoms with Crippen LogP contribution in [0.3, 0.4) is 0 Å². The number of piperazine rings is 1. The average molecular weight is 254 g/mol. The van der Waals surface area contributed by atoms with E-state index in [2.05, 4.69) is 58.7 Å². The van der Waals surface area contributed by atoms with Gasteiger partial charge in [0, 0.05) is 31.7 Å². The molecule has 1 fully saturated rings. The maximum atomic E-state index is 3.74. The minimum Gasteiger partial charge on any atom is -0.311 e. The minimum absolute atomic E-state index is 0.437. The zero-order valence-electron chi connectivity index (χ0n) is 13.6. The van der Waals surface area contributed by atoms with Gasteiger partial charge in [0.1, 0.15) is 0 Å². The first-order valence-corrected chi connectivity index (χ1v) is 7.74. The molecule has 0 aromatic heterocycles. The Morgan fingerprint density at radius 2 is 1.78 bits per heavy atom. The smallest absolute Gasteiger partial charge is 0.0244 e. The van der Waals surface area contributed by atoms with E-state index in [4.69, 9.17) is 0 Å². The van der Waals surface area contributed by atoms with Gasteiger partial charge in [0.15, 0.2) is 0 Å². The van der Waals surface area contributed by atoms with Crippen LogP contribution in [0, 0.1) is 17.3 Å². The molecule has 1 aliphatic heterocycles.